The molecule has 4 nitrogen and oxygen atoms in total. The summed E-state index contributed by atoms with van der Waals surface area (Å²) in [5.41, 5.74) is 2.34. The van der Waals surface area contributed by atoms with E-state index in [2.05, 4.69) is 24.0 Å². The Morgan fingerprint density at radius 2 is 1.62 bits per heavy atom. The third-order valence-electron chi connectivity index (χ3n) is 4.21. The van der Waals surface area contributed by atoms with Gasteiger partial charge in [0.1, 0.15) is 4.90 Å². The van der Waals surface area contributed by atoms with Gasteiger partial charge in [0, 0.05) is 36.9 Å². The number of benzene rings is 2. The number of para-hydroxylation sites is 1. The van der Waals surface area contributed by atoms with E-state index in [1.165, 1.54) is 22.0 Å². The number of aryl methyl sites for hydroxylation is 1. The Balaban J connectivity index is 1.78. The minimum absolute atomic E-state index is 0.109. The number of rotatable bonds is 3. The highest BCUT2D eigenvalue weighted by Crippen LogP contribution is 2.29. The van der Waals surface area contributed by atoms with E-state index in [0.29, 0.717) is 31.2 Å². The van der Waals surface area contributed by atoms with Gasteiger partial charge in [-0.15, -0.1) is 0 Å². The van der Waals surface area contributed by atoms with Gasteiger partial charge >= 0.3 is 0 Å². The number of hydrogen-bond acceptors (Lipinski definition) is 3. The van der Waals surface area contributed by atoms with Crippen LogP contribution in [0.2, 0.25) is 10.0 Å². The van der Waals surface area contributed by atoms with Crippen molar-refractivity contribution in [3.05, 3.63) is 58.1 Å². The maximum absolute atomic E-state index is 12.8. The molecule has 0 aliphatic carbocycles. The Bertz CT molecular complexity index is 847. The highest BCUT2D eigenvalue weighted by molar-refractivity contribution is 7.89. The third kappa shape index (κ3) is 3.40. The number of nitrogens with zero attached hydrogens (tertiary/aromatic N) is 2. The van der Waals surface area contributed by atoms with Crippen molar-refractivity contribution in [2.45, 2.75) is 11.8 Å². The van der Waals surface area contributed by atoms with Crippen molar-refractivity contribution in [2.75, 3.05) is 31.1 Å². The number of hydrogen-bond donors (Lipinski definition) is 0. The molecule has 2 aromatic rings. The molecule has 0 saturated carbocycles. The molecule has 0 radical (unpaired) electrons. The summed E-state index contributed by atoms with van der Waals surface area (Å²) in [7, 11) is -3.61. The van der Waals surface area contributed by atoms with Crippen LogP contribution >= 0.6 is 23.2 Å². The summed E-state index contributed by atoms with van der Waals surface area (Å²) in [6.45, 7) is 4.21. The number of sulfonamides is 1. The molecule has 128 valence electrons. The molecule has 1 fully saturated rings. The van der Waals surface area contributed by atoms with Crippen LogP contribution in [-0.4, -0.2) is 38.9 Å². The molecule has 2 aromatic carbocycles. The maximum atomic E-state index is 12.8. The van der Waals surface area contributed by atoms with Crippen molar-refractivity contribution in [1.29, 1.82) is 0 Å². The summed E-state index contributed by atoms with van der Waals surface area (Å²) in [5.74, 6) is 0. The fourth-order valence-corrected chi connectivity index (χ4v) is 5.08. The van der Waals surface area contributed by atoms with Gasteiger partial charge in [-0.05, 0) is 36.8 Å². The molecule has 1 saturated heterocycles. The summed E-state index contributed by atoms with van der Waals surface area (Å²) in [5, 5.41) is 0.576. The van der Waals surface area contributed by atoms with Crippen molar-refractivity contribution >= 4 is 38.9 Å². The van der Waals surface area contributed by atoms with Crippen molar-refractivity contribution in [3.63, 3.8) is 0 Å². The van der Waals surface area contributed by atoms with Crippen LogP contribution in [0.5, 0.6) is 0 Å². The molecule has 1 aliphatic heterocycles. The molecule has 0 N–H and O–H groups in total. The van der Waals surface area contributed by atoms with Gasteiger partial charge in [-0.25, -0.2) is 8.42 Å². The van der Waals surface area contributed by atoms with Crippen molar-refractivity contribution in [3.8, 4) is 0 Å². The summed E-state index contributed by atoms with van der Waals surface area (Å²) in [6, 6.07) is 12.6. The molecule has 0 unspecified atom stereocenters. The molecule has 7 heteroatoms. The van der Waals surface area contributed by atoms with Crippen molar-refractivity contribution in [2.24, 2.45) is 0 Å². The van der Waals surface area contributed by atoms with Gasteiger partial charge in [0.2, 0.25) is 10.0 Å². The van der Waals surface area contributed by atoms with Gasteiger partial charge in [-0.1, -0.05) is 41.4 Å². The number of halogens is 2. The zero-order chi connectivity index (χ0) is 17.3. The molecule has 0 spiro atoms. The monoisotopic (exact) mass is 384 g/mol. The highest BCUT2D eigenvalue weighted by atomic mass is 35.5. The first-order chi connectivity index (χ1) is 11.4. The lowest BCUT2D eigenvalue weighted by Crippen LogP contribution is -2.48. The van der Waals surface area contributed by atoms with Gasteiger partial charge in [0.05, 0.1) is 5.02 Å². The maximum Gasteiger partial charge on any atom is 0.244 e. The zero-order valence-corrected chi connectivity index (χ0v) is 15.6. The zero-order valence-electron chi connectivity index (χ0n) is 13.2. The quantitative estimate of drug-likeness (QED) is 0.807. The molecule has 3 rings (SSSR count). The second-order valence-corrected chi connectivity index (χ2v) is 8.50. The molecule has 1 heterocycles. The van der Waals surface area contributed by atoms with Crippen LogP contribution in [-0.2, 0) is 10.0 Å². The molecule has 0 bridgehead atoms. The average Bonchev–Trinajstić information content (AvgIpc) is 2.55. The predicted octanol–water partition coefficient (Wildman–Crippen LogP) is 3.81. The summed E-state index contributed by atoms with van der Waals surface area (Å²) in [6.07, 6.45) is 0. The van der Waals surface area contributed by atoms with E-state index in [0.717, 1.165) is 5.69 Å². The largest absolute Gasteiger partial charge is 0.369 e. The highest BCUT2D eigenvalue weighted by Gasteiger charge is 2.30. The van der Waals surface area contributed by atoms with Crippen molar-refractivity contribution in [1.82, 2.24) is 4.31 Å². The molecule has 0 atom stereocenters. The molecule has 0 aromatic heterocycles. The first-order valence-electron chi connectivity index (χ1n) is 7.65. The van der Waals surface area contributed by atoms with Gasteiger partial charge in [-0.2, -0.15) is 4.31 Å². The van der Waals surface area contributed by atoms with E-state index in [1.54, 1.807) is 6.07 Å². The van der Waals surface area contributed by atoms with Gasteiger partial charge in [-0.3, -0.25) is 0 Å². The fraction of sp³-hybridized carbons (Fsp3) is 0.294. The van der Waals surface area contributed by atoms with E-state index in [9.17, 15) is 8.42 Å². The lowest BCUT2D eigenvalue weighted by Gasteiger charge is -2.36. The van der Waals surface area contributed by atoms with E-state index >= 15 is 0 Å². The third-order valence-corrected chi connectivity index (χ3v) is 6.82. The second kappa shape index (κ2) is 6.92. The minimum Gasteiger partial charge on any atom is -0.369 e. The van der Waals surface area contributed by atoms with E-state index < -0.39 is 10.0 Å². The van der Waals surface area contributed by atoms with Gasteiger partial charge in [0.25, 0.3) is 0 Å². The fourth-order valence-electron chi connectivity index (χ4n) is 2.91. The Labute approximate surface area is 152 Å². The SMILES string of the molecule is Cc1ccccc1N1CCN(S(=O)(=O)c2ccc(Cl)cc2Cl)CC1. The van der Waals surface area contributed by atoms with Crippen molar-refractivity contribution < 1.29 is 8.42 Å². The number of piperazine rings is 1. The van der Waals surface area contributed by atoms with Crippen LogP contribution in [0.15, 0.2) is 47.4 Å². The average molecular weight is 385 g/mol. The van der Waals surface area contributed by atoms with Crippen LogP contribution in [0.4, 0.5) is 5.69 Å². The normalized spacial score (nSPS) is 16.4. The molecule has 1 aliphatic rings. The molecule has 0 amide bonds. The first kappa shape index (κ1) is 17.5. The second-order valence-electron chi connectivity index (χ2n) is 5.75. The lowest BCUT2D eigenvalue weighted by atomic mass is 10.1. The van der Waals surface area contributed by atoms with Crippen LogP contribution in [0, 0.1) is 6.92 Å². The standard InChI is InChI=1S/C17H18Cl2N2O2S/c1-13-4-2-3-5-16(13)20-8-10-21(11-9-20)24(22,23)17-7-6-14(18)12-15(17)19/h2-7,12H,8-11H2,1H3. The summed E-state index contributed by atoms with van der Waals surface area (Å²) >= 11 is 11.9. The molecular formula is C17H18Cl2N2O2S. The molecule has 24 heavy (non-hydrogen) atoms. The summed E-state index contributed by atoms with van der Waals surface area (Å²) < 4.78 is 27.1. The van der Waals surface area contributed by atoms with Crippen LogP contribution in [0.3, 0.4) is 0 Å². The molecular weight excluding hydrogens is 367 g/mol. The number of anilines is 1. The van der Waals surface area contributed by atoms with E-state index in [1.807, 2.05) is 12.1 Å². The smallest absolute Gasteiger partial charge is 0.244 e. The first-order valence-corrected chi connectivity index (χ1v) is 9.85. The minimum atomic E-state index is -3.61. The van der Waals surface area contributed by atoms with Gasteiger partial charge in [0.15, 0.2) is 0 Å². The topological polar surface area (TPSA) is 40.6 Å². The Kier molecular flexibility index (Phi) is 5.06. The van der Waals surface area contributed by atoms with Gasteiger partial charge < -0.3 is 4.90 Å². The van der Waals surface area contributed by atoms with Crippen LogP contribution in [0.1, 0.15) is 5.56 Å². The lowest BCUT2D eigenvalue weighted by molar-refractivity contribution is 0.385. The summed E-state index contributed by atoms with van der Waals surface area (Å²) in [4.78, 5) is 2.32. The van der Waals surface area contributed by atoms with E-state index in [4.69, 9.17) is 23.2 Å². The van der Waals surface area contributed by atoms with Crippen LogP contribution < -0.4 is 4.90 Å². The van der Waals surface area contributed by atoms with E-state index in [-0.39, 0.29) is 9.92 Å². The Morgan fingerprint density at radius 3 is 2.25 bits per heavy atom. The predicted molar refractivity (Wildman–Crippen MR) is 98.6 cm³/mol. The van der Waals surface area contributed by atoms with Crippen LogP contribution in [0.25, 0.3) is 0 Å². The Hall–Kier alpha value is -1.27. The Morgan fingerprint density at radius 1 is 0.958 bits per heavy atom.